The van der Waals surface area contributed by atoms with Crippen molar-refractivity contribution in [2.24, 2.45) is 10.9 Å². The average molecular weight is 276 g/mol. The van der Waals surface area contributed by atoms with E-state index in [1.165, 1.54) is 11.8 Å². The molecule has 4 nitrogen and oxygen atoms in total. The lowest BCUT2D eigenvalue weighted by Gasteiger charge is -2.10. The third-order valence-corrected chi connectivity index (χ3v) is 4.17. The van der Waals surface area contributed by atoms with Crippen LogP contribution in [0, 0.1) is 5.92 Å². The summed E-state index contributed by atoms with van der Waals surface area (Å²) in [5.41, 5.74) is 0.940. The molecule has 0 aliphatic carbocycles. The van der Waals surface area contributed by atoms with Crippen molar-refractivity contribution in [2.45, 2.75) is 25.5 Å². The molecule has 0 saturated heterocycles. The minimum Gasteiger partial charge on any atom is -0.305 e. The number of rotatable bonds is 3. The summed E-state index contributed by atoms with van der Waals surface area (Å²) in [6, 6.07) is 9.48. The van der Waals surface area contributed by atoms with E-state index in [1.54, 1.807) is 0 Å². The molecule has 19 heavy (non-hydrogen) atoms. The van der Waals surface area contributed by atoms with Crippen molar-refractivity contribution < 1.29 is 9.59 Å². The number of hydrogen-bond donors (Lipinski definition) is 1. The van der Waals surface area contributed by atoms with E-state index >= 15 is 0 Å². The zero-order valence-corrected chi connectivity index (χ0v) is 11.7. The smallest absolute Gasteiger partial charge is 0.261 e. The summed E-state index contributed by atoms with van der Waals surface area (Å²) in [5.74, 6) is -0.0885. The molecule has 1 aliphatic rings. The van der Waals surface area contributed by atoms with Crippen LogP contribution in [0.5, 0.6) is 0 Å². The summed E-state index contributed by atoms with van der Waals surface area (Å²) in [7, 11) is 0. The third kappa shape index (κ3) is 3.67. The van der Waals surface area contributed by atoms with Crippen LogP contribution in [0.15, 0.2) is 35.3 Å². The lowest BCUT2D eigenvalue weighted by Crippen LogP contribution is -2.29. The van der Waals surface area contributed by atoms with Crippen LogP contribution in [0.2, 0.25) is 0 Å². The molecule has 0 bridgehead atoms. The molecule has 1 heterocycles. The number of aliphatic imine (C=N–C) groups is 1. The lowest BCUT2D eigenvalue weighted by atomic mass is 10.1. The van der Waals surface area contributed by atoms with E-state index in [-0.39, 0.29) is 23.0 Å². The molecule has 1 atom stereocenters. The fourth-order valence-corrected chi connectivity index (χ4v) is 2.77. The minimum atomic E-state index is -0.174. The number of hydrogen-bond acceptors (Lipinski definition) is 3. The van der Waals surface area contributed by atoms with Gasteiger partial charge in [-0.3, -0.25) is 9.59 Å². The van der Waals surface area contributed by atoms with Gasteiger partial charge in [0.15, 0.2) is 5.17 Å². The Hall–Kier alpha value is -1.62. The molecular formula is C14H16N2O2S. The minimum absolute atomic E-state index is 0.144. The first-order valence-electron chi connectivity index (χ1n) is 6.19. The SMILES string of the molecule is CC(C)[C@@H]1SC(NC(=O)Cc2ccccc2)=NC1=O. The number of carbonyl (C=O) groups is 2. The van der Waals surface area contributed by atoms with Crippen LogP contribution in [0.4, 0.5) is 0 Å². The summed E-state index contributed by atoms with van der Waals surface area (Å²) in [6.07, 6.45) is 0.293. The second-order valence-electron chi connectivity index (χ2n) is 4.75. The Morgan fingerprint density at radius 2 is 2.05 bits per heavy atom. The van der Waals surface area contributed by atoms with Gasteiger partial charge in [0, 0.05) is 0 Å². The Balaban J connectivity index is 1.91. The number of benzene rings is 1. The fourth-order valence-electron chi connectivity index (χ4n) is 1.78. The van der Waals surface area contributed by atoms with Crippen LogP contribution in [0.3, 0.4) is 0 Å². The molecule has 0 unspecified atom stereocenters. The van der Waals surface area contributed by atoms with Crippen molar-refractivity contribution in [1.82, 2.24) is 5.32 Å². The predicted molar refractivity (Wildman–Crippen MR) is 76.9 cm³/mol. The molecule has 2 amide bonds. The number of amidine groups is 1. The standard InChI is InChI=1S/C14H16N2O2S/c1-9(2)12-13(18)16-14(19-12)15-11(17)8-10-6-4-3-5-7-10/h3-7,9,12H,8H2,1-2H3,(H,15,16,17,18)/t12-/m0/s1. The monoisotopic (exact) mass is 276 g/mol. The molecule has 5 heteroatoms. The van der Waals surface area contributed by atoms with Crippen molar-refractivity contribution in [2.75, 3.05) is 0 Å². The van der Waals surface area contributed by atoms with Crippen molar-refractivity contribution in [3.63, 3.8) is 0 Å². The van der Waals surface area contributed by atoms with Gasteiger partial charge >= 0.3 is 0 Å². The second kappa shape index (κ2) is 6.02. The van der Waals surface area contributed by atoms with Gasteiger partial charge < -0.3 is 5.32 Å². The topological polar surface area (TPSA) is 58.5 Å². The maximum absolute atomic E-state index is 11.8. The van der Waals surface area contributed by atoms with E-state index in [0.717, 1.165) is 5.56 Å². The first-order chi connectivity index (χ1) is 9.06. The van der Waals surface area contributed by atoms with E-state index in [4.69, 9.17) is 0 Å². The number of nitrogens with zero attached hydrogens (tertiary/aromatic N) is 1. The molecule has 0 aromatic heterocycles. The van der Waals surface area contributed by atoms with E-state index in [0.29, 0.717) is 11.6 Å². The Kier molecular flexibility index (Phi) is 4.37. The van der Waals surface area contributed by atoms with Gasteiger partial charge in [-0.05, 0) is 11.5 Å². The molecule has 1 N–H and O–H groups in total. The average Bonchev–Trinajstić information content (AvgIpc) is 2.71. The Morgan fingerprint density at radius 3 is 2.63 bits per heavy atom. The predicted octanol–water partition coefficient (Wildman–Crippen LogP) is 2.00. The van der Waals surface area contributed by atoms with Gasteiger partial charge in [0.25, 0.3) is 5.91 Å². The second-order valence-corrected chi connectivity index (χ2v) is 5.88. The van der Waals surface area contributed by atoms with E-state index in [9.17, 15) is 9.59 Å². The Morgan fingerprint density at radius 1 is 1.37 bits per heavy atom. The van der Waals surface area contributed by atoms with Crippen LogP contribution < -0.4 is 5.32 Å². The van der Waals surface area contributed by atoms with Gasteiger partial charge in [0.1, 0.15) is 0 Å². The molecule has 1 aromatic carbocycles. The van der Waals surface area contributed by atoms with Crippen molar-refractivity contribution in [3.05, 3.63) is 35.9 Å². The summed E-state index contributed by atoms with van der Waals surface area (Å²) < 4.78 is 0. The highest BCUT2D eigenvalue weighted by Crippen LogP contribution is 2.27. The number of thioether (sulfide) groups is 1. The summed E-state index contributed by atoms with van der Waals surface area (Å²) in [5, 5.41) is 2.94. The maximum Gasteiger partial charge on any atom is 0.261 e. The van der Waals surface area contributed by atoms with Crippen LogP contribution >= 0.6 is 11.8 Å². The van der Waals surface area contributed by atoms with Gasteiger partial charge in [-0.1, -0.05) is 55.9 Å². The summed E-state index contributed by atoms with van der Waals surface area (Å²) >= 11 is 1.33. The molecule has 0 fully saturated rings. The first-order valence-corrected chi connectivity index (χ1v) is 7.07. The number of carbonyl (C=O) groups excluding carboxylic acids is 2. The molecule has 100 valence electrons. The van der Waals surface area contributed by atoms with Crippen LogP contribution in [0.1, 0.15) is 19.4 Å². The van der Waals surface area contributed by atoms with Gasteiger partial charge in [0.05, 0.1) is 11.7 Å². The van der Waals surface area contributed by atoms with Gasteiger partial charge in [-0.2, -0.15) is 4.99 Å². The molecule has 1 aliphatic heterocycles. The lowest BCUT2D eigenvalue weighted by molar-refractivity contribution is -0.119. The molecule has 0 saturated carbocycles. The quantitative estimate of drug-likeness (QED) is 0.918. The third-order valence-electron chi connectivity index (χ3n) is 2.75. The van der Waals surface area contributed by atoms with Gasteiger partial charge in [0.2, 0.25) is 5.91 Å². The molecule has 0 radical (unpaired) electrons. The zero-order valence-electron chi connectivity index (χ0n) is 10.9. The first kappa shape index (κ1) is 13.8. The molecule has 0 spiro atoms. The summed E-state index contributed by atoms with van der Waals surface area (Å²) in [4.78, 5) is 27.3. The van der Waals surface area contributed by atoms with Crippen LogP contribution in [0.25, 0.3) is 0 Å². The van der Waals surface area contributed by atoms with E-state index in [1.807, 2.05) is 44.2 Å². The van der Waals surface area contributed by atoms with Crippen LogP contribution in [-0.4, -0.2) is 22.2 Å². The molecule has 1 aromatic rings. The highest BCUT2D eigenvalue weighted by molar-refractivity contribution is 8.15. The van der Waals surface area contributed by atoms with E-state index in [2.05, 4.69) is 10.3 Å². The largest absolute Gasteiger partial charge is 0.305 e. The fraction of sp³-hybridized carbons (Fsp3) is 0.357. The zero-order chi connectivity index (χ0) is 13.8. The van der Waals surface area contributed by atoms with Crippen molar-refractivity contribution in [1.29, 1.82) is 0 Å². The van der Waals surface area contributed by atoms with Gasteiger partial charge in [-0.15, -0.1) is 0 Å². The number of amides is 2. The number of nitrogens with one attached hydrogen (secondary N) is 1. The van der Waals surface area contributed by atoms with Crippen LogP contribution in [-0.2, 0) is 16.0 Å². The summed E-state index contributed by atoms with van der Waals surface area (Å²) in [6.45, 7) is 3.94. The highest BCUT2D eigenvalue weighted by atomic mass is 32.2. The maximum atomic E-state index is 11.8. The van der Waals surface area contributed by atoms with Crippen molar-refractivity contribution >= 4 is 28.7 Å². The Bertz CT molecular complexity index is 511. The van der Waals surface area contributed by atoms with E-state index < -0.39 is 0 Å². The normalized spacial score (nSPS) is 18.6. The Labute approximate surface area is 116 Å². The molecular weight excluding hydrogens is 260 g/mol. The van der Waals surface area contributed by atoms with Crippen molar-refractivity contribution in [3.8, 4) is 0 Å². The molecule has 2 rings (SSSR count). The van der Waals surface area contributed by atoms with Gasteiger partial charge in [-0.25, -0.2) is 0 Å². The highest BCUT2D eigenvalue weighted by Gasteiger charge is 2.31.